The van der Waals surface area contributed by atoms with Crippen molar-refractivity contribution in [1.29, 1.82) is 0 Å². The third-order valence-corrected chi connectivity index (χ3v) is 8.68. The highest BCUT2D eigenvalue weighted by molar-refractivity contribution is 8.14. The fourth-order valence-electron chi connectivity index (χ4n) is 5.12. The van der Waals surface area contributed by atoms with Crippen LogP contribution in [-0.4, -0.2) is 41.4 Å². The minimum Gasteiger partial charge on any atom is -0.468 e. The summed E-state index contributed by atoms with van der Waals surface area (Å²) in [4.78, 5) is 26.9. The number of hydrogen-bond acceptors (Lipinski definition) is 5. The van der Waals surface area contributed by atoms with Gasteiger partial charge in [-0.1, -0.05) is 100 Å². The highest BCUT2D eigenvalue weighted by atomic mass is 32.2. The molecule has 1 unspecified atom stereocenters. The van der Waals surface area contributed by atoms with Crippen molar-refractivity contribution in [3.05, 3.63) is 47.8 Å². The molecule has 1 fully saturated rings. The number of carbonyl (C=O) groups excluding carboxylic acids is 2. The van der Waals surface area contributed by atoms with E-state index in [-0.39, 0.29) is 10.4 Å². The molecule has 2 rings (SSSR count). The highest BCUT2D eigenvalue weighted by Crippen LogP contribution is 2.32. The van der Waals surface area contributed by atoms with Gasteiger partial charge in [0.15, 0.2) is 5.12 Å². The normalized spacial score (nSPS) is 15.7. The van der Waals surface area contributed by atoms with Crippen LogP contribution in [-0.2, 0) is 14.3 Å². The summed E-state index contributed by atoms with van der Waals surface area (Å²) in [6.45, 7) is 3.55. The standard InChI is InChI=1S/C32H50FNO3S/c1-3-4-5-6-7-8-9-10-11-12-13-14-15-16-17-22-30(35)38-27-23-25-34(26-24-27)31(32(36)37-2)28-20-18-19-21-29(28)33/h10-11,18-21,27,31H,3-9,12-17,22-26H2,1-2H3/b11-10-. The van der Waals surface area contributed by atoms with Crippen LogP contribution in [0.2, 0.25) is 0 Å². The molecule has 0 saturated carbocycles. The summed E-state index contributed by atoms with van der Waals surface area (Å²) in [6.07, 6.45) is 23.3. The first-order valence-electron chi connectivity index (χ1n) is 15.0. The molecule has 1 aliphatic heterocycles. The number of methoxy groups -OCH3 is 1. The predicted molar refractivity (Wildman–Crippen MR) is 158 cm³/mol. The van der Waals surface area contributed by atoms with Gasteiger partial charge in [0.2, 0.25) is 0 Å². The van der Waals surface area contributed by atoms with Gasteiger partial charge in [-0.2, -0.15) is 0 Å². The number of allylic oxidation sites excluding steroid dienone is 2. The average Bonchev–Trinajstić information content (AvgIpc) is 2.92. The largest absolute Gasteiger partial charge is 0.468 e. The Kier molecular flexibility index (Phi) is 17.4. The first-order chi connectivity index (χ1) is 18.6. The summed E-state index contributed by atoms with van der Waals surface area (Å²) in [6, 6.07) is 5.65. The van der Waals surface area contributed by atoms with E-state index in [0.717, 1.165) is 25.7 Å². The maximum atomic E-state index is 14.4. The monoisotopic (exact) mass is 547 g/mol. The van der Waals surface area contributed by atoms with Gasteiger partial charge in [0.25, 0.3) is 0 Å². The maximum Gasteiger partial charge on any atom is 0.327 e. The summed E-state index contributed by atoms with van der Waals surface area (Å²) in [5.41, 5.74) is 0.353. The molecule has 4 nitrogen and oxygen atoms in total. The van der Waals surface area contributed by atoms with Crippen molar-refractivity contribution in [3.63, 3.8) is 0 Å². The number of rotatable bonds is 19. The van der Waals surface area contributed by atoms with Crippen molar-refractivity contribution in [1.82, 2.24) is 4.90 Å². The molecule has 0 bridgehead atoms. The number of esters is 1. The van der Waals surface area contributed by atoms with E-state index in [1.165, 1.54) is 95.6 Å². The number of thioether (sulfide) groups is 1. The lowest BCUT2D eigenvalue weighted by molar-refractivity contribution is -0.147. The number of benzene rings is 1. The zero-order valence-corrected chi connectivity index (χ0v) is 24.6. The molecular formula is C32H50FNO3S. The van der Waals surface area contributed by atoms with Gasteiger partial charge < -0.3 is 4.74 Å². The maximum absolute atomic E-state index is 14.4. The lowest BCUT2D eigenvalue weighted by atomic mass is 10.0. The SMILES string of the molecule is CCCCCCCC/C=C\CCCCCCCC(=O)SC1CCN(C(C(=O)OC)c2ccccc2F)CC1. The van der Waals surface area contributed by atoms with E-state index in [2.05, 4.69) is 19.1 Å². The summed E-state index contributed by atoms with van der Waals surface area (Å²) in [5.74, 6) is -0.837. The molecule has 0 aliphatic carbocycles. The van der Waals surface area contributed by atoms with E-state index >= 15 is 0 Å². The lowest BCUT2D eigenvalue weighted by Gasteiger charge is -2.36. The number of hydrogen-bond donors (Lipinski definition) is 0. The summed E-state index contributed by atoms with van der Waals surface area (Å²) in [7, 11) is 1.34. The van der Waals surface area contributed by atoms with Gasteiger partial charge >= 0.3 is 5.97 Å². The molecule has 214 valence electrons. The second-order valence-electron chi connectivity index (χ2n) is 10.5. The average molecular weight is 548 g/mol. The van der Waals surface area contributed by atoms with Gasteiger partial charge in [-0.25, -0.2) is 9.18 Å². The predicted octanol–water partition coefficient (Wildman–Crippen LogP) is 8.80. The van der Waals surface area contributed by atoms with Crippen molar-refractivity contribution in [2.75, 3.05) is 20.2 Å². The smallest absolute Gasteiger partial charge is 0.327 e. The molecule has 1 aromatic rings. The number of ether oxygens (including phenoxy) is 1. The van der Waals surface area contributed by atoms with E-state index in [0.29, 0.717) is 25.1 Å². The fourth-order valence-corrected chi connectivity index (χ4v) is 6.20. The van der Waals surface area contributed by atoms with Gasteiger partial charge in [0, 0.05) is 30.3 Å². The van der Waals surface area contributed by atoms with Crippen molar-refractivity contribution < 1.29 is 18.7 Å². The van der Waals surface area contributed by atoms with Crippen molar-refractivity contribution >= 4 is 22.8 Å². The molecule has 1 aromatic carbocycles. The third kappa shape index (κ3) is 12.9. The Balaban J connectivity index is 1.52. The van der Waals surface area contributed by atoms with Gasteiger partial charge in [-0.15, -0.1) is 0 Å². The minimum absolute atomic E-state index is 0.265. The Morgan fingerprint density at radius 2 is 1.53 bits per heavy atom. The number of halogens is 1. The van der Waals surface area contributed by atoms with E-state index in [1.54, 1.807) is 18.2 Å². The van der Waals surface area contributed by atoms with Crippen LogP contribution in [0.3, 0.4) is 0 Å². The Bertz CT molecular complexity index is 823. The molecule has 38 heavy (non-hydrogen) atoms. The molecular weight excluding hydrogens is 497 g/mol. The molecule has 0 radical (unpaired) electrons. The zero-order chi connectivity index (χ0) is 27.4. The Morgan fingerprint density at radius 3 is 2.13 bits per heavy atom. The van der Waals surface area contributed by atoms with Gasteiger partial charge in [-0.05, 0) is 51.0 Å². The highest BCUT2D eigenvalue weighted by Gasteiger charge is 2.34. The molecule has 1 saturated heterocycles. The van der Waals surface area contributed by atoms with E-state index in [9.17, 15) is 14.0 Å². The molecule has 0 aromatic heterocycles. The Labute approximate surface area is 235 Å². The van der Waals surface area contributed by atoms with Crippen LogP contribution < -0.4 is 0 Å². The molecule has 1 aliphatic rings. The van der Waals surface area contributed by atoms with E-state index in [1.807, 2.05) is 4.90 Å². The molecule has 1 atom stereocenters. The van der Waals surface area contributed by atoms with Crippen LogP contribution in [0.1, 0.15) is 121 Å². The minimum atomic E-state index is -0.737. The molecule has 1 heterocycles. The van der Waals surface area contributed by atoms with Gasteiger partial charge in [0.1, 0.15) is 11.9 Å². The topological polar surface area (TPSA) is 46.6 Å². The second-order valence-corrected chi connectivity index (χ2v) is 11.9. The number of piperidine rings is 1. The van der Waals surface area contributed by atoms with Crippen molar-refractivity contribution in [3.8, 4) is 0 Å². The van der Waals surface area contributed by atoms with Gasteiger partial charge in [-0.3, -0.25) is 9.69 Å². The van der Waals surface area contributed by atoms with Crippen LogP contribution in [0.25, 0.3) is 0 Å². The molecule has 0 spiro atoms. The molecule has 0 N–H and O–H groups in total. The van der Waals surface area contributed by atoms with Crippen LogP contribution >= 0.6 is 11.8 Å². The van der Waals surface area contributed by atoms with Crippen molar-refractivity contribution in [2.24, 2.45) is 0 Å². The van der Waals surface area contributed by atoms with Crippen LogP contribution in [0.5, 0.6) is 0 Å². The molecule has 0 amide bonds. The van der Waals surface area contributed by atoms with E-state index in [4.69, 9.17) is 4.74 Å². The number of nitrogens with zero attached hydrogens (tertiary/aromatic N) is 1. The quantitative estimate of drug-likeness (QED) is 0.0984. The van der Waals surface area contributed by atoms with Crippen LogP contribution in [0.4, 0.5) is 4.39 Å². The summed E-state index contributed by atoms with van der Waals surface area (Å²) in [5, 5.41) is 0.542. The van der Waals surface area contributed by atoms with Crippen LogP contribution in [0, 0.1) is 5.82 Å². The van der Waals surface area contributed by atoms with E-state index < -0.39 is 17.8 Å². The number of carbonyl (C=O) groups is 2. The number of likely N-dealkylation sites (tertiary alicyclic amines) is 1. The summed E-state index contributed by atoms with van der Waals surface area (Å²) < 4.78 is 19.4. The Hall–Kier alpha value is -1.66. The molecule has 6 heteroatoms. The Morgan fingerprint density at radius 1 is 0.947 bits per heavy atom. The third-order valence-electron chi connectivity index (χ3n) is 7.41. The summed E-state index contributed by atoms with van der Waals surface area (Å²) >= 11 is 1.47. The van der Waals surface area contributed by atoms with Gasteiger partial charge in [0.05, 0.1) is 7.11 Å². The fraction of sp³-hybridized carbons (Fsp3) is 0.688. The first-order valence-corrected chi connectivity index (χ1v) is 15.9. The van der Waals surface area contributed by atoms with Crippen molar-refractivity contribution in [2.45, 2.75) is 121 Å². The first kappa shape index (κ1) is 32.6. The van der Waals surface area contributed by atoms with Crippen LogP contribution in [0.15, 0.2) is 36.4 Å². The zero-order valence-electron chi connectivity index (χ0n) is 23.8. The lowest BCUT2D eigenvalue weighted by Crippen LogP contribution is -2.41. The second kappa shape index (κ2) is 20.3. The number of unbranched alkanes of at least 4 members (excludes halogenated alkanes) is 11.